The van der Waals surface area contributed by atoms with E-state index in [0.717, 1.165) is 12.1 Å². The van der Waals surface area contributed by atoms with E-state index in [9.17, 15) is 22.0 Å². The third-order valence-corrected chi connectivity index (χ3v) is 5.13. The smallest absolute Gasteiger partial charge is 0.259 e. The normalized spacial score (nSPS) is 11.5. The van der Waals surface area contributed by atoms with Gasteiger partial charge in [-0.1, -0.05) is 6.92 Å². The van der Waals surface area contributed by atoms with Crippen molar-refractivity contribution in [3.8, 4) is 0 Å². The van der Waals surface area contributed by atoms with Crippen LogP contribution < -0.4 is 10.0 Å². The zero-order chi connectivity index (χ0) is 19.6. The minimum Gasteiger partial charge on any atom is -0.358 e. The number of aromatic amines is 1. The van der Waals surface area contributed by atoms with Gasteiger partial charge in [0.05, 0.1) is 28.7 Å². The fourth-order valence-electron chi connectivity index (χ4n) is 2.46. The third-order valence-electron chi connectivity index (χ3n) is 3.65. The lowest BCUT2D eigenvalue weighted by Gasteiger charge is -2.12. The predicted molar refractivity (Wildman–Crippen MR) is 95.9 cm³/mol. The molecule has 2 heterocycles. The summed E-state index contributed by atoms with van der Waals surface area (Å²) in [6.45, 7) is 1.65. The van der Waals surface area contributed by atoms with Crippen LogP contribution in [0.15, 0.2) is 30.9 Å². The molecule has 1 amide bonds. The van der Waals surface area contributed by atoms with E-state index in [4.69, 9.17) is 0 Å². The summed E-state index contributed by atoms with van der Waals surface area (Å²) in [4.78, 5) is 23.0. The first kappa shape index (κ1) is 18.7. The minimum absolute atomic E-state index is 0.0585. The number of nitrogens with zero attached hydrogens (tertiary/aromatic N) is 2. The molecule has 142 valence electrons. The van der Waals surface area contributed by atoms with Crippen molar-refractivity contribution in [2.24, 2.45) is 0 Å². The molecule has 0 saturated carbocycles. The zero-order valence-corrected chi connectivity index (χ0v) is 14.9. The van der Waals surface area contributed by atoms with E-state index in [-0.39, 0.29) is 16.8 Å². The highest BCUT2D eigenvalue weighted by atomic mass is 32.2. The number of carbonyl (C=O) groups is 1. The first-order chi connectivity index (χ1) is 12.8. The summed E-state index contributed by atoms with van der Waals surface area (Å²) < 4.78 is 54.4. The first-order valence-corrected chi connectivity index (χ1v) is 9.54. The summed E-state index contributed by atoms with van der Waals surface area (Å²) in [5, 5.41) is 2.13. The Kier molecular flexibility index (Phi) is 5.04. The number of carbonyl (C=O) groups excluding carboxylic acids is 1. The van der Waals surface area contributed by atoms with Gasteiger partial charge in [-0.05, 0) is 18.6 Å². The van der Waals surface area contributed by atoms with Crippen molar-refractivity contribution in [3.63, 3.8) is 0 Å². The molecule has 0 bridgehead atoms. The quantitative estimate of drug-likeness (QED) is 0.593. The fraction of sp³-hybridized carbons (Fsp3) is 0.188. The molecule has 0 unspecified atom stereocenters. The van der Waals surface area contributed by atoms with Gasteiger partial charge in [0.25, 0.3) is 5.91 Å². The Hall–Kier alpha value is -3.08. The molecular weight excluding hydrogens is 380 g/mol. The summed E-state index contributed by atoms with van der Waals surface area (Å²) in [6.07, 6.45) is 4.34. The van der Waals surface area contributed by atoms with Crippen molar-refractivity contribution in [1.29, 1.82) is 0 Å². The van der Waals surface area contributed by atoms with E-state index in [1.54, 1.807) is 6.92 Å². The zero-order valence-electron chi connectivity index (χ0n) is 14.1. The van der Waals surface area contributed by atoms with Gasteiger partial charge in [-0.3, -0.25) is 9.52 Å². The number of fused-ring (bicyclic) bond motifs is 1. The number of H-pyrrole nitrogens is 1. The lowest BCUT2D eigenvalue weighted by molar-refractivity contribution is 0.102. The second-order valence-electron chi connectivity index (χ2n) is 5.65. The van der Waals surface area contributed by atoms with Gasteiger partial charge in [0.2, 0.25) is 10.0 Å². The van der Waals surface area contributed by atoms with Crippen molar-refractivity contribution in [2.45, 2.75) is 13.3 Å². The number of hydrogen-bond acceptors (Lipinski definition) is 5. The van der Waals surface area contributed by atoms with E-state index >= 15 is 0 Å². The van der Waals surface area contributed by atoms with Gasteiger partial charge >= 0.3 is 0 Å². The van der Waals surface area contributed by atoms with E-state index < -0.39 is 38.9 Å². The number of aromatic nitrogens is 3. The van der Waals surface area contributed by atoms with Crippen molar-refractivity contribution in [1.82, 2.24) is 15.0 Å². The molecule has 0 aliphatic carbocycles. The summed E-state index contributed by atoms with van der Waals surface area (Å²) in [7, 11) is -3.78. The van der Waals surface area contributed by atoms with E-state index in [0.29, 0.717) is 11.9 Å². The van der Waals surface area contributed by atoms with Crippen molar-refractivity contribution in [2.75, 3.05) is 15.8 Å². The summed E-state index contributed by atoms with van der Waals surface area (Å²) >= 11 is 0. The number of halogens is 2. The third kappa shape index (κ3) is 3.87. The number of rotatable bonds is 6. The number of amides is 1. The monoisotopic (exact) mass is 395 g/mol. The number of anilines is 2. The Morgan fingerprint density at radius 3 is 2.81 bits per heavy atom. The predicted octanol–water partition coefficient (Wildman–Crippen LogP) is 2.64. The second-order valence-corrected chi connectivity index (χ2v) is 7.49. The molecule has 3 N–H and O–H groups in total. The van der Waals surface area contributed by atoms with Crippen LogP contribution in [0.1, 0.15) is 23.7 Å². The highest BCUT2D eigenvalue weighted by Gasteiger charge is 2.21. The van der Waals surface area contributed by atoms with Crippen LogP contribution in [0.2, 0.25) is 0 Å². The highest BCUT2D eigenvalue weighted by molar-refractivity contribution is 7.92. The Morgan fingerprint density at radius 2 is 2.07 bits per heavy atom. The van der Waals surface area contributed by atoms with Crippen LogP contribution in [-0.2, 0) is 10.0 Å². The van der Waals surface area contributed by atoms with Gasteiger partial charge in [0.1, 0.15) is 23.3 Å². The number of sulfonamides is 1. The lowest BCUT2D eigenvalue weighted by Crippen LogP contribution is -2.19. The van der Waals surface area contributed by atoms with Crippen LogP contribution in [0, 0.1) is 11.6 Å². The number of benzene rings is 1. The van der Waals surface area contributed by atoms with Crippen LogP contribution in [0.3, 0.4) is 0 Å². The molecule has 0 radical (unpaired) electrons. The molecule has 0 saturated heterocycles. The Morgan fingerprint density at radius 1 is 1.30 bits per heavy atom. The molecule has 0 aliphatic rings. The molecule has 2 aromatic heterocycles. The van der Waals surface area contributed by atoms with Crippen molar-refractivity contribution >= 4 is 38.3 Å². The maximum atomic E-state index is 14.6. The standard InChI is InChI=1S/C16H15F2N5O3S/c1-2-5-27(25,26)23-11-4-3-10(17)15(13(11)18)22-16(24)9-6-20-12-7-19-8-21-14(9)12/h3-4,6-8,20,23H,2,5H2,1H3,(H,22,24). The van der Waals surface area contributed by atoms with Gasteiger partial charge in [0.15, 0.2) is 5.82 Å². The number of nitrogens with one attached hydrogen (secondary N) is 3. The molecule has 11 heteroatoms. The van der Waals surface area contributed by atoms with E-state index in [1.165, 1.54) is 18.7 Å². The van der Waals surface area contributed by atoms with Gasteiger partial charge in [0, 0.05) is 6.20 Å². The lowest BCUT2D eigenvalue weighted by atomic mass is 10.2. The second kappa shape index (κ2) is 7.27. The summed E-state index contributed by atoms with van der Waals surface area (Å²) in [6, 6.07) is 1.81. The van der Waals surface area contributed by atoms with Gasteiger partial charge in [-0.15, -0.1) is 0 Å². The molecule has 0 fully saturated rings. The van der Waals surface area contributed by atoms with Crippen LogP contribution in [0.5, 0.6) is 0 Å². The van der Waals surface area contributed by atoms with Crippen LogP contribution in [0.25, 0.3) is 11.0 Å². The maximum absolute atomic E-state index is 14.6. The van der Waals surface area contributed by atoms with Crippen LogP contribution in [0.4, 0.5) is 20.2 Å². The largest absolute Gasteiger partial charge is 0.358 e. The molecular formula is C16H15F2N5O3S. The molecule has 0 spiro atoms. The molecule has 1 aromatic carbocycles. The molecule has 3 aromatic rings. The molecule has 0 atom stereocenters. The molecule has 8 nitrogen and oxygen atoms in total. The van der Waals surface area contributed by atoms with Crippen molar-refractivity contribution < 1.29 is 22.0 Å². The SMILES string of the molecule is CCCS(=O)(=O)Nc1ccc(F)c(NC(=O)c2c[nH]c3cncnc23)c1F. The average Bonchev–Trinajstić information content (AvgIpc) is 3.05. The molecule has 0 aliphatic heterocycles. The van der Waals surface area contributed by atoms with Gasteiger partial charge in [-0.25, -0.2) is 27.2 Å². The van der Waals surface area contributed by atoms with Crippen molar-refractivity contribution in [3.05, 3.63) is 48.1 Å². The van der Waals surface area contributed by atoms with Gasteiger partial charge < -0.3 is 10.3 Å². The fourth-order valence-corrected chi connectivity index (χ4v) is 3.59. The Labute approximate surface area is 153 Å². The van der Waals surface area contributed by atoms with E-state index in [2.05, 4.69) is 20.3 Å². The molecule has 27 heavy (non-hydrogen) atoms. The van der Waals surface area contributed by atoms with Crippen LogP contribution >= 0.6 is 0 Å². The number of hydrogen-bond donors (Lipinski definition) is 3. The minimum atomic E-state index is -3.78. The topological polar surface area (TPSA) is 117 Å². The maximum Gasteiger partial charge on any atom is 0.259 e. The Balaban J connectivity index is 1.92. The van der Waals surface area contributed by atoms with E-state index in [1.807, 2.05) is 4.72 Å². The molecule has 3 rings (SSSR count). The Bertz CT molecular complexity index is 1110. The average molecular weight is 395 g/mol. The summed E-state index contributed by atoms with van der Waals surface area (Å²) in [5.41, 5.74) is -0.405. The van der Waals surface area contributed by atoms with Crippen LogP contribution in [-0.4, -0.2) is 35.0 Å². The highest BCUT2D eigenvalue weighted by Crippen LogP contribution is 2.27. The van der Waals surface area contributed by atoms with Gasteiger partial charge in [-0.2, -0.15) is 0 Å². The summed E-state index contributed by atoms with van der Waals surface area (Å²) in [5.74, 6) is -3.31. The first-order valence-electron chi connectivity index (χ1n) is 7.89.